The SMILES string of the molecule is C=CCOc1ccc(CN(C)c2ccc(S(=O)(=O)NC)cc2[N+](=O)[O-])cc1. The number of hydrogen-bond donors (Lipinski definition) is 1. The molecule has 2 aromatic carbocycles. The Morgan fingerprint density at radius 3 is 2.48 bits per heavy atom. The summed E-state index contributed by atoms with van der Waals surface area (Å²) in [7, 11) is -0.803. The first-order valence-corrected chi connectivity index (χ1v) is 9.52. The standard InChI is InChI=1S/C18H21N3O5S/c1-4-11-26-15-7-5-14(6-8-15)13-20(3)17-10-9-16(27(24,25)19-2)12-18(17)21(22)23/h4-10,12,19H,1,11,13H2,2-3H3. The Kier molecular flexibility index (Phi) is 6.54. The molecule has 8 nitrogen and oxygen atoms in total. The van der Waals surface area contributed by atoms with Crippen LogP contribution < -0.4 is 14.4 Å². The highest BCUT2D eigenvalue weighted by Crippen LogP contribution is 2.31. The summed E-state index contributed by atoms with van der Waals surface area (Å²) in [6, 6.07) is 11.2. The van der Waals surface area contributed by atoms with E-state index >= 15 is 0 Å². The Bertz CT molecular complexity index is 927. The average molecular weight is 391 g/mol. The molecular weight excluding hydrogens is 370 g/mol. The smallest absolute Gasteiger partial charge is 0.293 e. The number of ether oxygens (including phenoxy) is 1. The van der Waals surface area contributed by atoms with Crippen molar-refractivity contribution in [3.63, 3.8) is 0 Å². The predicted molar refractivity (Wildman–Crippen MR) is 104 cm³/mol. The van der Waals surface area contributed by atoms with Crippen LogP contribution in [0.3, 0.4) is 0 Å². The van der Waals surface area contributed by atoms with Crippen molar-refractivity contribution >= 4 is 21.4 Å². The van der Waals surface area contributed by atoms with Crippen LogP contribution in [-0.2, 0) is 16.6 Å². The van der Waals surface area contributed by atoms with Crippen molar-refractivity contribution in [3.8, 4) is 5.75 Å². The zero-order valence-corrected chi connectivity index (χ0v) is 15.9. The number of nitrogens with one attached hydrogen (secondary N) is 1. The van der Waals surface area contributed by atoms with E-state index in [1.165, 1.54) is 19.2 Å². The molecule has 0 aliphatic heterocycles. The zero-order valence-electron chi connectivity index (χ0n) is 15.1. The van der Waals surface area contributed by atoms with Gasteiger partial charge in [-0.25, -0.2) is 13.1 Å². The molecule has 0 spiro atoms. The molecule has 0 atom stereocenters. The first kappa shape index (κ1) is 20.4. The van der Waals surface area contributed by atoms with Gasteiger partial charge in [0.25, 0.3) is 5.69 Å². The van der Waals surface area contributed by atoms with E-state index in [1.54, 1.807) is 18.0 Å². The normalized spacial score (nSPS) is 11.0. The molecule has 0 heterocycles. The average Bonchev–Trinajstić information content (AvgIpc) is 2.66. The number of hydrogen-bond acceptors (Lipinski definition) is 6. The van der Waals surface area contributed by atoms with Crippen LogP contribution in [0.2, 0.25) is 0 Å². The van der Waals surface area contributed by atoms with E-state index in [0.29, 0.717) is 24.6 Å². The van der Waals surface area contributed by atoms with Crippen molar-refractivity contribution in [2.24, 2.45) is 0 Å². The Balaban J connectivity index is 2.26. The summed E-state index contributed by atoms with van der Waals surface area (Å²) in [5, 5.41) is 11.4. The quantitative estimate of drug-likeness (QED) is 0.401. The van der Waals surface area contributed by atoms with E-state index < -0.39 is 14.9 Å². The van der Waals surface area contributed by atoms with Crippen LogP contribution in [0.5, 0.6) is 5.75 Å². The fourth-order valence-electron chi connectivity index (χ4n) is 2.46. The number of nitrogens with zero attached hydrogens (tertiary/aromatic N) is 2. The van der Waals surface area contributed by atoms with Gasteiger partial charge in [0.2, 0.25) is 10.0 Å². The molecule has 0 amide bonds. The van der Waals surface area contributed by atoms with Crippen LogP contribution in [0.1, 0.15) is 5.56 Å². The third kappa shape index (κ3) is 5.05. The molecule has 144 valence electrons. The number of sulfonamides is 1. The molecule has 1 N–H and O–H groups in total. The fraction of sp³-hybridized carbons (Fsp3) is 0.222. The molecular formula is C18H21N3O5S. The molecule has 2 aromatic rings. The Hall–Kier alpha value is -2.91. The fourth-order valence-corrected chi connectivity index (χ4v) is 3.21. The molecule has 2 rings (SSSR count). The number of nitro groups is 1. The molecule has 27 heavy (non-hydrogen) atoms. The summed E-state index contributed by atoms with van der Waals surface area (Å²) in [6.07, 6.45) is 1.65. The Morgan fingerprint density at radius 2 is 1.93 bits per heavy atom. The van der Waals surface area contributed by atoms with Gasteiger partial charge in [-0.15, -0.1) is 0 Å². The first-order valence-electron chi connectivity index (χ1n) is 8.04. The topological polar surface area (TPSA) is 102 Å². The van der Waals surface area contributed by atoms with Gasteiger partial charge >= 0.3 is 0 Å². The second kappa shape index (κ2) is 8.65. The summed E-state index contributed by atoms with van der Waals surface area (Å²) in [5.74, 6) is 0.703. The zero-order chi connectivity index (χ0) is 20.0. The number of benzene rings is 2. The molecule has 0 saturated heterocycles. The van der Waals surface area contributed by atoms with Gasteiger partial charge in [-0.3, -0.25) is 10.1 Å². The van der Waals surface area contributed by atoms with Gasteiger partial charge in [-0.05, 0) is 36.9 Å². The van der Waals surface area contributed by atoms with E-state index in [0.717, 1.165) is 11.6 Å². The van der Waals surface area contributed by atoms with Crippen molar-refractivity contribution in [1.82, 2.24) is 4.72 Å². The molecule has 0 aliphatic rings. The van der Waals surface area contributed by atoms with E-state index in [4.69, 9.17) is 4.74 Å². The lowest BCUT2D eigenvalue weighted by atomic mass is 10.2. The second-order valence-electron chi connectivity index (χ2n) is 5.71. The first-order chi connectivity index (χ1) is 12.8. The van der Waals surface area contributed by atoms with Crippen molar-refractivity contribution in [1.29, 1.82) is 0 Å². The minimum absolute atomic E-state index is 0.155. The number of anilines is 1. The maximum absolute atomic E-state index is 11.9. The highest BCUT2D eigenvalue weighted by atomic mass is 32.2. The van der Waals surface area contributed by atoms with Gasteiger partial charge in [-0.2, -0.15) is 0 Å². The van der Waals surface area contributed by atoms with Crippen molar-refractivity contribution in [3.05, 3.63) is 70.8 Å². The minimum atomic E-state index is -3.76. The molecule has 9 heteroatoms. The molecule has 0 aromatic heterocycles. The van der Waals surface area contributed by atoms with Crippen LogP contribution in [-0.4, -0.2) is 34.0 Å². The van der Waals surface area contributed by atoms with Crippen LogP contribution in [0.4, 0.5) is 11.4 Å². The largest absolute Gasteiger partial charge is 0.490 e. The lowest BCUT2D eigenvalue weighted by Crippen LogP contribution is -2.20. The highest BCUT2D eigenvalue weighted by molar-refractivity contribution is 7.89. The third-order valence-corrected chi connectivity index (χ3v) is 5.26. The summed E-state index contributed by atoms with van der Waals surface area (Å²) in [4.78, 5) is 12.4. The Labute approximate surface area is 158 Å². The van der Waals surface area contributed by atoms with Crippen LogP contribution in [0.25, 0.3) is 0 Å². The van der Waals surface area contributed by atoms with E-state index in [1.807, 2.05) is 24.3 Å². The monoisotopic (exact) mass is 391 g/mol. The number of nitro benzene ring substituents is 1. The molecule has 0 radical (unpaired) electrons. The molecule has 0 saturated carbocycles. The molecule has 0 unspecified atom stereocenters. The van der Waals surface area contributed by atoms with E-state index in [-0.39, 0.29) is 10.6 Å². The number of rotatable bonds is 9. The Morgan fingerprint density at radius 1 is 1.26 bits per heavy atom. The molecule has 0 aliphatic carbocycles. The van der Waals surface area contributed by atoms with Crippen molar-refractivity contribution in [2.45, 2.75) is 11.4 Å². The van der Waals surface area contributed by atoms with Gasteiger partial charge in [0, 0.05) is 19.7 Å². The highest BCUT2D eigenvalue weighted by Gasteiger charge is 2.22. The second-order valence-corrected chi connectivity index (χ2v) is 7.60. The summed E-state index contributed by atoms with van der Waals surface area (Å²) in [6.45, 7) is 4.40. The van der Waals surface area contributed by atoms with Gasteiger partial charge in [-0.1, -0.05) is 24.8 Å². The molecule has 0 fully saturated rings. The maximum atomic E-state index is 11.9. The molecule has 0 bridgehead atoms. The van der Waals surface area contributed by atoms with Gasteiger partial charge in [0.15, 0.2) is 0 Å². The van der Waals surface area contributed by atoms with Crippen LogP contribution in [0, 0.1) is 10.1 Å². The van der Waals surface area contributed by atoms with E-state index in [9.17, 15) is 18.5 Å². The van der Waals surface area contributed by atoms with Gasteiger partial charge < -0.3 is 9.64 Å². The third-order valence-electron chi connectivity index (χ3n) is 3.84. The summed E-state index contributed by atoms with van der Waals surface area (Å²) >= 11 is 0. The minimum Gasteiger partial charge on any atom is -0.490 e. The lowest BCUT2D eigenvalue weighted by molar-refractivity contribution is -0.384. The van der Waals surface area contributed by atoms with Crippen molar-refractivity contribution in [2.75, 3.05) is 25.6 Å². The van der Waals surface area contributed by atoms with Crippen LogP contribution >= 0.6 is 0 Å². The predicted octanol–water partition coefficient (Wildman–Crippen LogP) is 2.70. The van der Waals surface area contributed by atoms with E-state index in [2.05, 4.69) is 11.3 Å². The van der Waals surface area contributed by atoms with Crippen molar-refractivity contribution < 1.29 is 18.1 Å². The summed E-state index contributed by atoms with van der Waals surface area (Å²) < 4.78 is 31.4. The van der Waals surface area contributed by atoms with Crippen LogP contribution in [0.15, 0.2) is 60.0 Å². The maximum Gasteiger partial charge on any atom is 0.293 e. The summed E-state index contributed by atoms with van der Waals surface area (Å²) in [5.41, 5.74) is 0.964. The van der Waals surface area contributed by atoms with Gasteiger partial charge in [0.05, 0.1) is 9.82 Å². The lowest BCUT2D eigenvalue weighted by Gasteiger charge is -2.20. The van der Waals surface area contributed by atoms with Gasteiger partial charge in [0.1, 0.15) is 18.0 Å².